The number of hydrogen-bond donors (Lipinski definition) is 1. The van der Waals surface area contributed by atoms with Crippen molar-refractivity contribution in [3.8, 4) is 0 Å². The number of Topliss-reactive ketones (excluding diaryl/α,β-unsaturated/α-hetero) is 1. The molecule has 3 heterocycles. The summed E-state index contributed by atoms with van der Waals surface area (Å²) in [6.45, 7) is 0. The molecular formula is C19H15FN4O2. The molecule has 3 aromatic rings. The van der Waals surface area contributed by atoms with Gasteiger partial charge in [-0.1, -0.05) is 12.1 Å². The number of allylic oxidation sites excluding steroid dienone is 2. The van der Waals surface area contributed by atoms with Crippen LogP contribution in [0.4, 0.5) is 10.3 Å². The summed E-state index contributed by atoms with van der Waals surface area (Å²) in [6.07, 6.45) is 4.03. The summed E-state index contributed by atoms with van der Waals surface area (Å²) in [7, 11) is 0. The second-order valence-electron chi connectivity index (χ2n) is 6.55. The van der Waals surface area contributed by atoms with E-state index in [1.807, 2.05) is 12.1 Å². The summed E-state index contributed by atoms with van der Waals surface area (Å²) in [4.78, 5) is 17.3. The summed E-state index contributed by atoms with van der Waals surface area (Å²) in [5.41, 5.74) is 2.10. The fourth-order valence-corrected chi connectivity index (χ4v) is 3.86. The molecule has 1 aliphatic heterocycles. The number of carbonyl (C=O) groups excluding carboxylic acids is 1. The smallest absolute Gasteiger partial charge is 0.226 e. The van der Waals surface area contributed by atoms with Crippen molar-refractivity contribution >= 4 is 11.7 Å². The van der Waals surface area contributed by atoms with Gasteiger partial charge in [-0.25, -0.2) is 9.07 Å². The molecule has 0 saturated carbocycles. The predicted molar refractivity (Wildman–Crippen MR) is 90.9 cm³/mol. The zero-order valence-electron chi connectivity index (χ0n) is 13.7. The summed E-state index contributed by atoms with van der Waals surface area (Å²) in [5, 5.41) is 7.48. The van der Waals surface area contributed by atoms with Crippen LogP contribution in [0.1, 0.15) is 36.1 Å². The lowest BCUT2D eigenvalue weighted by Gasteiger charge is -2.34. The minimum atomic E-state index is -0.482. The number of benzene rings is 1. The molecule has 26 heavy (non-hydrogen) atoms. The van der Waals surface area contributed by atoms with Crippen LogP contribution in [-0.4, -0.2) is 20.5 Å². The first-order valence-corrected chi connectivity index (χ1v) is 8.42. The van der Waals surface area contributed by atoms with Crippen LogP contribution in [-0.2, 0) is 4.79 Å². The van der Waals surface area contributed by atoms with Crippen molar-refractivity contribution in [2.24, 2.45) is 0 Å². The van der Waals surface area contributed by atoms with Crippen LogP contribution in [0.3, 0.4) is 0 Å². The zero-order valence-corrected chi connectivity index (χ0v) is 13.7. The van der Waals surface area contributed by atoms with E-state index in [1.165, 1.54) is 18.5 Å². The number of rotatable bonds is 2. The number of hydrogen-bond acceptors (Lipinski definition) is 5. The van der Waals surface area contributed by atoms with Gasteiger partial charge in [0.05, 0.1) is 6.26 Å². The van der Waals surface area contributed by atoms with Gasteiger partial charge in [-0.3, -0.25) is 4.79 Å². The van der Waals surface area contributed by atoms with Gasteiger partial charge in [0.2, 0.25) is 5.95 Å². The third kappa shape index (κ3) is 2.28. The maximum Gasteiger partial charge on any atom is 0.226 e. The van der Waals surface area contributed by atoms with Crippen LogP contribution >= 0.6 is 0 Å². The summed E-state index contributed by atoms with van der Waals surface area (Å²) < 4.78 is 21.0. The van der Waals surface area contributed by atoms with E-state index in [0.29, 0.717) is 29.9 Å². The quantitative estimate of drug-likeness (QED) is 0.767. The summed E-state index contributed by atoms with van der Waals surface area (Å²) in [6, 6.07) is 9.51. The Morgan fingerprint density at radius 3 is 2.96 bits per heavy atom. The highest BCUT2D eigenvalue weighted by Gasteiger charge is 2.39. The molecule has 130 valence electrons. The summed E-state index contributed by atoms with van der Waals surface area (Å²) >= 11 is 0. The molecule has 7 heteroatoms. The predicted octanol–water partition coefficient (Wildman–Crippen LogP) is 3.43. The van der Waals surface area contributed by atoms with Gasteiger partial charge in [0.1, 0.15) is 23.9 Å². The maximum absolute atomic E-state index is 13.8. The molecule has 2 aromatic heterocycles. The Hall–Kier alpha value is -3.22. The largest absolute Gasteiger partial charge is 0.469 e. The minimum absolute atomic E-state index is 0.00978. The zero-order chi connectivity index (χ0) is 17.7. The number of furan rings is 1. The number of aromatic nitrogens is 3. The van der Waals surface area contributed by atoms with Gasteiger partial charge in [0.25, 0.3) is 0 Å². The van der Waals surface area contributed by atoms with E-state index in [2.05, 4.69) is 15.4 Å². The van der Waals surface area contributed by atoms with E-state index >= 15 is 0 Å². The third-order valence-electron chi connectivity index (χ3n) is 4.97. The van der Waals surface area contributed by atoms with Crippen molar-refractivity contribution in [2.75, 3.05) is 5.32 Å². The second-order valence-corrected chi connectivity index (χ2v) is 6.55. The standard InChI is InChI=1S/C19H15FN4O2/c20-13-4-1-3-11(7-13)18-17-14(23-19-21-10-22-24(18)19)8-12(9-15(17)25)16-5-2-6-26-16/h1-7,10,12,18H,8-9H2,(H,21,22,23)/t12-,18-/m0/s1. The average Bonchev–Trinajstić information content (AvgIpc) is 3.31. The number of fused-ring (bicyclic) bond motifs is 1. The van der Waals surface area contributed by atoms with Gasteiger partial charge in [-0.05, 0) is 36.2 Å². The Bertz CT molecular complexity index is 1020. The number of carbonyl (C=O) groups is 1. The highest BCUT2D eigenvalue weighted by Crippen LogP contribution is 2.43. The molecular weight excluding hydrogens is 335 g/mol. The van der Waals surface area contributed by atoms with Gasteiger partial charge in [-0.15, -0.1) is 0 Å². The number of ketones is 1. The lowest BCUT2D eigenvalue weighted by molar-refractivity contribution is -0.117. The molecule has 5 rings (SSSR count). The normalized spacial score (nSPS) is 22.0. The molecule has 0 saturated heterocycles. The Morgan fingerprint density at radius 2 is 2.15 bits per heavy atom. The molecule has 0 unspecified atom stereocenters. The van der Waals surface area contributed by atoms with Crippen LogP contribution in [0.15, 0.2) is 64.7 Å². The first kappa shape index (κ1) is 15.1. The average molecular weight is 350 g/mol. The third-order valence-corrected chi connectivity index (χ3v) is 4.97. The van der Waals surface area contributed by atoms with Crippen molar-refractivity contribution in [2.45, 2.75) is 24.8 Å². The fraction of sp³-hybridized carbons (Fsp3) is 0.211. The summed E-state index contributed by atoms with van der Waals surface area (Å²) in [5.74, 6) is 0.982. The number of nitrogens with zero attached hydrogens (tertiary/aromatic N) is 3. The Kier molecular flexibility index (Phi) is 3.28. The highest BCUT2D eigenvalue weighted by molar-refractivity contribution is 6.00. The number of anilines is 1. The lowest BCUT2D eigenvalue weighted by Crippen LogP contribution is -2.33. The monoisotopic (exact) mass is 350 g/mol. The van der Waals surface area contributed by atoms with Gasteiger partial charge >= 0.3 is 0 Å². The Morgan fingerprint density at radius 1 is 1.23 bits per heavy atom. The van der Waals surface area contributed by atoms with Crippen molar-refractivity contribution in [1.29, 1.82) is 0 Å². The van der Waals surface area contributed by atoms with Crippen molar-refractivity contribution < 1.29 is 13.6 Å². The Labute approximate surface area is 148 Å². The second kappa shape index (κ2) is 5.66. The maximum atomic E-state index is 13.8. The first-order chi connectivity index (χ1) is 12.7. The molecule has 2 aliphatic rings. The first-order valence-electron chi connectivity index (χ1n) is 8.42. The number of halogens is 1. The van der Waals surface area contributed by atoms with Gasteiger partial charge < -0.3 is 9.73 Å². The van der Waals surface area contributed by atoms with E-state index in [9.17, 15) is 9.18 Å². The lowest BCUT2D eigenvalue weighted by atomic mass is 9.79. The van der Waals surface area contributed by atoms with Crippen molar-refractivity contribution in [3.05, 3.63) is 77.4 Å². The van der Waals surface area contributed by atoms with Crippen LogP contribution in [0.2, 0.25) is 0 Å². The van der Waals surface area contributed by atoms with E-state index in [-0.39, 0.29) is 17.5 Å². The van der Waals surface area contributed by atoms with Crippen molar-refractivity contribution in [1.82, 2.24) is 14.8 Å². The molecule has 0 spiro atoms. The molecule has 0 bridgehead atoms. The molecule has 1 N–H and O–H groups in total. The van der Waals surface area contributed by atoms with Crippen molar-refractivity contribution in [3.63, 3.8) is 0 Å². The minimum Gasteiger partial charge on any atom is -0.469 e. The van der Waals surface area contributed by atoms with E-state index in [0.717, 1.165) is 11.5 Å². The molecule has 1 aromatic carbocycles. The molecule has 0 amide bonds. The molecule has 1 aliphatic carbocycles. The van der Waals surface area contributed by atoms with E-state index in [4.69, 9.17) is 4.42 Å². The SMILES string of the molecule is O=C1C[C@@H](c2ccco2)CC2=C1[C@H](c1cccc(F)c1)n1ncnc1N2. The molecule has 2 atom stereocenters. The van der Waals surface area contributed by atoms with E-state index in [1.54, 1.807) is 23.1 Å². The van der Waals surface area contributed by atoms with Gasteiger partial charge in [0, 0.05) is 23.6 Å². The molecule has 6 nitrogen and oxygen atoms in total. The topological polar surface area (TPSA) is 73.0 Å². The van der Waals surface area contributed by atoms with Gasteiger partial charge in [-0.2, -0.15) is 10.1 Å². The molecule has 0 fully saturated rings. The highest BCUT2D eigenvalue weighted by atomic mass is 19.1. The van der Waals surface area contributed by atoms with Gasteiger partial charge in [0.15, 0.2) is 5.78 Å². The van der Waals surface area contributed by atoms with Crippen LogP contribution in [0.5, 0.6) is 0 Å². The van der Waals surface area contributed by atoms with Crippen LogP contribution < -0.4 is 5.32 Å². The molecule has 0 radical (unpaired) electrons. The number of nitrogens with one attached hydrogen (secondary N) is 1. The van der Waals surface area contributed by atoms with E-state index < -0.39 is 6.04 Å². The van der Waals surface area contributed by atoms with Crippen LogP contribution in [0, 0.1) is 5.82 Å². The Balaban J connectivity index is 1.63. The van der Waals surface area contributed by atoms with Crippen LogP contribution in [0.25, 0.3) is 0 Å². The fourth-order valence-electron chi connectivity index (χ4n) is 3.86.